The summed E-state index contributed by atoms with van der Waals surface area (Å²) >= 11 is 0. The number of anilines is 2. The predicted molar refractivity (Wildman–Crippen MR) is 84.0 cm³/mol. The molecular weight excluding hydrogens is 251 g/mol. The third kappa shape index (κ3) is 3.29. The molecule has 3 heteroatoms. The van der Waals surface area contributed by atoms with Gasteiger partial charge in [0.15, 0.2) is 0 Å². The molecule has 0 aliphatic heterocycles. The Labute approximate surface area is 120 Å². The lowest BCUT2D eigenvalue weighted by Gasteiger charge is -2.16. The first-order valence-electron chi connectivity index (χ1n) is 6.74. The zero-order valence-corrected chi connectivity index (χ0v) is 12.5. The van der Waals surface area contributed by atoms with Gasteiger partial charge in [0.1, 0.15) is 5.82 Å². The molecule has 0 fully saturated rings. The standard InChI is InChI=1S/C17H21FN2/c1-12-9-15(18)6-5-14(12)11-19-17-8-7-16(20(3)4)10-13(17)2/h5-10,19H,11H2,1-4H3. The summed E-state index contributed by atoms with van der Waals surface area (Å²) in [6.45, 7) is 4.73. The van der Waals surface area contributed by atoms with Crippen LogP contribution in [0.5, 0.6) is 0 Å². The van der Waals surface area contributed by atoms with E-state index in [-0.39, 0.29) is 5.82 Å². The van der Waals surface area contributed by atoms with Crippen molar-refractivity contribution in [2.24, 2.45) is 0 Å². The SMILES string of the molecule is Cc1cc(F)ccc1CNc1ccc(N(C)C)cc1C. The van der Waals surface area contributed by atoms with E-state index >= 15 is 0 Å². The maximum Gasteiger partial charge on any atom is 0.123 e. The van der Waals surface area contributed by atoms with Crippen molar-refractivity contribution in [3.63, 3.8) is 0 Å². The predicted octanol–water partition coefficient (Wildman–Crippen LogP) is 4.12. The lowest BCUT2D eigenvalue weighted by atomic mass is 10.1. The Morgan fingerprint density at radius 3 is 2.35 bits per heavy atom. The van der Waals surface area contributed by atoms with E-state index < -0.39 is 0 Å². The number of nitrogens with one attached hydrogen (secondary N) is 1. The van der Waals surface area contributed by atoms with E-state index in [1.807, 2.05) is 27.1 Å². The quantitative estimate of drug-likeness (QED) is 0.900. The molecule has 0 radical (unpaired) electrons. The molecular formula is C17H21FN2. The average molecular weight is 272 g/mol. The van der Waals surface area contributed by atoms with Gasteiger partial charge in [-0.15, -0.1) is 0 Å². The molecule has 0 saturated carbocycles. The van der Waals surface area contributed by atoms with Gasteiger partial charge < -0.3 is 10.2 Å². The molecule has 0 atom stereocenters. The maximum atomic E-state index is 13.1. The Bertz CT molecular complexity index is 606. The maximum absolute atomic E-state index is 13.1. The zero-order chi connectivity index (χ0) is 14.7. The summed E-state index contributed by atoms with van der Waals surface area (Å²) in [6, 6.07) is 11.2. The first-order chi connectivity index (χ1) is 9.47. The highest BCUT2D eigenvalue weighted by molar-refractivity contribution is 5.60. The van der Waals surface area contributed by atoms with Gasteiger partial charge in [-0.1, -0.05) is 6.07 Å². The molecule has 0 aromatic heterocycles. The zero-order valence-electron chi connectivity index (χ0n) is 12.5. The first-order valence-corrected chi connectivity index (χ1v) is 6.74. The molecule has 1 N–H and O–H groups in total. The minimum absolute atomic E-state index is 0.183. The lowest BCUT2D eigenvalue weighted by molar-refractivity contribution is 0.625. The second kappa shape index (κ2) is 5.95. The van der Waals surface area contributed by atoms with Crippen LogP contribution in [0.25, 0.3) is 0 Å². The fourth-order valence-corrected chi connectivity index (χ4v) is 2.17. The Morgan fingerprint density at radius 1 is 1.00 bits per heavy atom. The minimum Gasteiger partial charge on any atom is -0.381 e. The number of hydrogen-bond acceptors (Lipinski definition) is 2. The topological polar surface area (TPSA) is 15.3 Å². The summed E-state index contributed by atoms with van der Waals surface area (Å²) in [5.41, 5.74) is 5.59. The lowest BCUT2D eigenvalue weighted by Crippen LogP contribution is -2.09. The number of aryl methyl sites for hydroxylation is 2. The van der Waals surface area contributed by atoms with E-state index in [9.17, 15) is 4.39 Å². The number of halogens is 1. The van der Waals surface area contributed by atoms with Crippen molar-refractivity contribution in [1.82, 2.24) is 0 Å². The first kappa shape index (κ1) is 14.4. The molecule has 0 unspecified atom stereocenters. The Balaban J connectivity index is 2.11. The van der Waals surface area contributed by atoms with Crippen molar-refractivity contribution < 1.29 is 4.39 Å². The van der Waals surface area contributed by atoms with Crippen LogP contribution in [0.4, 0.5) is 15.8 Å². The van der Waals surface area contributed by atoms with Gasteiger partial charge in [-0.3, -0.25) is 0 Å². The number of nitrogens with zero attached hydrogens (tertiary/aromatic N) is 1. The molecule has 0 spiro atoms. The van der Waals surface area contributed by atoms with Crippen molar-refractivity contribution >= 4 is 11.4 Å². The average Bonchev–Trinajstić information content (AvgIpc) is 2.38. The third-order valence-electron chi connectivity index (χ3n) is 3.50. The summed E-state index contributed by atoms with van der Waals surface area (Å²) in [5, 5.41) is 3.41. The number of hydrogen-bond donors (Lipinski definition) is 1. The third-order valence-corrected chi connectivity index (χ3v) is 3.50. The van der Waals surface area contributed by atoms with Gasteiger partial charge in [-0.2, -0.15) is 0 Å². The van der Waals surface area contributed by atoms with Crippen molar-refractivity contribution in [2.75, 3.05) is 24.3 Å². The number of benzene rings is 2. The second-order valence-electron chi connectivity index (χ2n) is 5.32. The molecule has 0 heterocycles. The van der Waals surface area contributed by atoms with Crippen LogP contribution in [-0.4, -0.2) is 14.1 Å². The van der Waals surface area contributed by atoms with Crippen molar-refractivity contribution in [3.8, 4) is 0 Å². The molecule has 2 aromatic rings. The number of rotatable bonds is 4. The van der Waals surface area contributed by atoms with Gasteiger partial charge >= 0.3 is 0 Å². The van der Waals surface area contributed by atoms with Gasteiger partial charge in [0.2, 0.25) is 0 Å². The minimum atomic E-state index is -0.183. The van der Waals surface area contributed by atoms with E-state index in [4.69, 9.17) is 0 Å². The molecule has 20 heavy (non-hydrogen) atoms. The van der Waals surface area contributed by atoms with E-state index in [0.29, 0.717) is 6.54 Å². The molecule has 2 rings (SSSR count). The van der Waals surface area contributed by atoms with Crippen LogP contribution in [-0.2, 0) is 6.54 Å². The van der Waals surface area contributed by atoms with Gasteiger partial charge in [-0.05, 0) is 60.9 Å². The van der Waals surface area contributed by atoms with E-state index in [1.54, 1.807) is 6.07 Å². The highest BCUT2D eigenvalue weighted by atomic mass is 19.1. The van der Waals surface area contributed by atoms with Gasteiger partial charge in [-0.25, -0.2) is 4.39 Å². The van der Waals surface area contributed by atoms with Gasteiger partial charge in [0.25, 0.3) is 0 Å². The molecule has 106 valence electrons. The van der Waals surface area contributed by atoms with Gasteiger partial charge in [0, 0.05) is 32.0 Å². The molecule has 0 amide bonds. The van der Waals surface area contributed by atoms with Crippen molar-refractivity contribution in [3.05, 3.63) is 58.9 Å². The summed E-state index contributed by atoms with van der Waals surface area (Å²) in [7, 11) is 4.06. The molecule has 2 aromatic carbocycles. The molecule has 2 nitrogen and oxygen atoms in total. The summed E-state index contributed by atoms with van der Waals surface area (Å²) in [4.78, 5) is 2.08. The van der Waals surface area contributed by atoms with Crippen LogP contribution in [0.15, 0.2) is 36.4 Å². The van der Waals surface area contributed by atoms with E-state index in [2.05, 4.69) is 35.3 Å². The molecule has 0 aliphatic rings. The van der Waals surface area contributed by atoms with Crippen LogP contribution >= 0.6 is 0 Å². The van der Waals surface area contributed by atoms with Gasteiger partial charge in [0.05, 0.1) is 0 Å². The summed E-state index contributed by atoms with van der Waals surface area (Å²) in [5.74, 6) is -0.183. The van der Waals surface area contributed by atoms with Crippen LogP contribution in [0.1, 0.15) is 16.7 Å². The van der Waals surface area contributed by atoms with Crippen LogP contribution < -0.4 is 10.2 Å². The van der Waals surface area contributed by atoms with Crippen molar-refractivity contribution in [1.29, 1.82) is 0 Å². The monoisotopic (exact) mass is 272 g/mol. The van der Waals surface area contributed by atoms with E-state index in [0.717, 1.165) is 16.8 Å². The van der Waals surface area contributed by atoms with Crippen LogP contribution in [0, 0.1) is 19.7 Å². The van der Waals surface area contributed by atoms with E-state index in [1.165, 1.54) is 17.3 Å². The Kier molecular flexibility index (Phi) is 4.28. The molecule has 0 saturated heterocycles. The largest absolute Gasteiger partial charge is 0.381 e. The second-order valence-corrected chi connectivity index (χ2v) is 5.32. The Morgan fingerprint density at radius 2 is 1.75 bits per heavy atom. The highest BCUT2D eigenvalue weighted by Crippen LogP contribution is 2.22. The molecule has 0 aliphatic carbocycles. The van der Waals surface area contributed by atoms with Crippen LogP contribution in [0.3, 0.4) is 0 Å². The Hall–Kier alpha value is -2.03. The highest BCUT2D eigenvalue weighted by Gasteiger charge is 2.03. The summed E-state index contributed by atoms with van der Waals surface area (Å²) in [6.07, 6.45) is 0. The fourth-order valence-electron chi connectivity index (χ4n) is 2.17. The van der Waals surface area contributed by atoms with Crippen molar-refractivity contribution in [2.45, 2.75) is 20.4 Å². The fraction of sp³-hybridized carbons (Fsp3) is 0.294. The van der Waals surface area contributed by atoms with Crippen LogP contribution in [0.2, 0.25) is 0 Å². The molecule has 0 bridgehead atoms. The smallest absolute Gasteiger partial charge is 0.123 e. The normalized spacial score (nSPS) is 10.4. The summed E-state index contributed by atoms with van der Waals surface area (Å²) < 4.78 is 13.1.